The van der Waals surface area contributed by atoms with Crippen molar-refractivity contribution in [3.05, 3.63) is 113 Å². The number of ether oxygens (including phenoxy) is 2. The van der Waals surface area contributed by atoms with Crippen LogP contribution in [0.1, 0.15) is 15.9 Å². The molecule has 0 spiro atoms. The maximum absolute atomic E-state index is 12.7. The average molecular weight is 502 g/mol. The van der Waals surface area contributed by atoms with Crippen molar-refractivity contribution < 1.29 is 24.2 Å². The van der Waals surface area contributed by atoms with Crippen molar-refractivity contribution in [1.29, 1.82) is 0 Å². The van der Waals surface area contributed by atoms with E-state index >= 15 is 0 Å². The fourth-order valence-electron chi connectivity index (χ4n) is 3.73. The summed E-state index contributed by atoms with van der Waals surface area (Å²) in [5, 5.41) is 12.9. The molecular weight excluding hydrogens is 478 g/mol. The molecule has 0 aliphatic rings. The lowest BCUT2D eigenvalue weighted by Crippen LogP contribution is -2.43. The van der Waals surface area contributed by atoms with Crippen LogP contribution in [0.2, 0.25) is 5.02 Å². The number of esters is 1. The molecule has 0 aliphatic carbocycles. The smallest absolute Gasteiger partial charge is 0.328 e. The molecule has 36 heavy (non-hydrogen) atoms. The van der Waals surface area contributed by atoms with Gasteiger partial charge in [0.2, 0.25) is 0 Å². The summed E-state index contributed by atoms with van der Waals surface area (Å²) in [6.07, 6.45) is 0.197. The van der Waals surface area contributed by atoms with Gasteiger partial charge in [-0.2, -0.15) is 0 Å². The molecule has 0 fully saturated rings. The Hall–Kier alpha value is -4.29. The predicted octanol–water partition coefficient (Wildman–Crippen LogP) is 6.02. The highest BCUT2D eigenvalue weighted by atomic mass is 35.5. The first-order valence-corrected chi connectivity index (χ1v) is 11.6. The second-order valence-electron chi connectivity index (χ2n) is 8.02. The Kier molecular flexibility index (Phi) is 7.88. The van der Waals surface area contributed by atoms with Crippen molar-refractivity contribution >= 4 is 23.5 Å². The van der Waals surface area contributed by atoms with Gasteiger partial charge < -0.3 is 19.9 Å². The van der Waals surface area contributed by atoms with Gasteiger partial charge in [-0.3, -0.25) is 4.79 Å². The fraction of sp³-hybridized carbons (Fsp3) is 0.103. The highest BCUT2D eigenvalue weighted by molar-refractivity contribution is 6.31. The SMILES string of the molecule is COC(=O)[C@H](Cc1ccc(-c2ccccc2Oc2ccccc2)cc1)NC(=O)c1cc(Cl)ccc1O. The largest absolute Gasteiger partial charge is 0.507 e. The normalized spacial score (nSPS) is 11.4. The summed E-state index contributed by atoms with van der Waals surface area (Å²) in [6, 6.07) is 28.1. The monoisotopic (exact) mass is 501 g/mol. The molecule has 0 bridgehead atoms. The lowest BCUT2D eigenvalue weighted by Gasteiger charge is -2.17. The number of nitrogens with one attached hydrogen (secondary N) is 1. The summed E-state index contributed by atoms with van der Waals surface area (Å²) in [7, 11) is 1.26. The Morgan fingerprint density at radius 2 is 1.61 bits per heavy atom. The quantitative estimate of drug-likeness (QED) is 0.288. The number of carbonyl (C=O) groups is 2. The molecule has 6 nitrogen and oxygen atoms in total. The number of phenols is 1. The van der Waals surface area contributed by atoms with Crippen LogP contribution in [0, 0.1) is 0 Å². The Labute approximate surface area is 214 Å². The lowest BCUT2D eigenvalue weighted by atomic mass is 9.99. The number of halogens is 1. The van der Waals surface area contributed by atoms with Crippen LogP contribution in [0.15, 0.2) is 97.1 Å². The second kappa shape index (κ2) is 11.4. The van der Waals surface area contributed by atoms with Gasteiger partial charge in [0, 0.05) is 17.0 Å². The number of amides is 1. The van der Waals surface area contributed by atoms with Crippen LogP contribution >= 0.6 is 11.6 Å². The number of carbonyl (C=O) groups excluding carboxylic acids is 2. The highest BCUT2D eigenvalue weighted by Gasteiger charge is 2.24. The van der Waals surface area contributed by atoms with E-state index in [4.69, 9.17) is 21.1 Å². The minimum Gasteiger partial charge on any atom is -0.507 e. The number of rotatable bonds is 8. The van der Waals surface area contributed by atoms with E-state index in [0.29, 0.717) is 5.02 Å². The zero-order valence-electron chi connectivity index (χ0n) is 19.5. The predicted molar refractivity (Wildman–Crippen MR) is 138 cm³/mol. The molecule has 4 rings (SSSR count). The molecule has 0 aromatic heterocycles. The lowest BCUT2D eigenvalue weighted by molar-refractivity contribution is -0.142. The molecule has 0 saturated heterocycles. The van der Waals surface area contributed by atoms with Gasteiger partial charge in [0.15, 0.2) is 0 Å². The standard InChI is InChI=1S/C29H24ClNO5/c1-35-29(34)25(31-28(33)24-18-21(30)15-16-26(24)32)17-19-11-13-20(14-12-19)23-9-5-6-10-27(23)36-22-7-3-2-4-8-22/h2-16,18,25,32H,17H2,1H3,(H,31,33)/t25-/m0/s1. The Balaban J connectivity index is 1.52. The molecule has 7 heteroatoms. The molecular formula is C29H24ClNO5. The molecule has 0 aliphatic heterocycles. The van der Waals surface area contributed by atoms with Gasteiger partial charge in [0.1, 0.15) is 23.3 Å². The van der Waals surface area contributed by atoms with Crippen LogP contribution in [0.4, 0.5) is 0 Å². The van der Waals surface area contributed by atoms with Crippen LogP contribution < -0.4 is 10.1 Å². The van der Waals surface area contributed by atoms with Crippen LogP contribution in [-0.2, 0) is 16.0 Å². The zero-order valence-corrected chi connectivity index (χ0v) is 20.2. The number of hydrogen-bond donors (Lipinski definition) is 2. The van der Waals surface area contributed by atoms with E-state index in [-0.39, 0.29) is 17.7 Å². The number of methoxy groups -OCH3 is 1. The Morgan fingerprint density at radius 1 is 0.917 bits per heavy atom. The van der Waals surface area contributed by atoms with E-state index < -0.39 is 17.9 Å². The molecule has 0 heterocycles. The zero-order chi connectivity index (χ0) is 25.5. The summed E-state index contributed by atoms with van der Waals surface area (Å²) < 4.78 is 11.0. The average Bonchev–Trinajstić information content (AvgIpc) is 2.90. The molecule has 0 unspecified atom stereocenters. The first-order valence-electron chi connectivity index (χ1n) is 11.2. The summed E-state index contributed by atoms with van der Waals surface area (Å²) >= 11 is 5.95. The second-order valence-corrected chi connectivity index (χ2v) is 8.46. The van der Waals surface area contributed by atoms with Crippen LogP contribution in [0.25, 0.3) is 11.1 Å². The van der Waals surface area contributed by atoms with Crippen LogP contribution in [0.5, 0.6) is 17.2 Å². The van der Waals surface area contributed by atoms with Gasteiger partial charge in [0.05, 0.1) is 12.7 Å². The topological polar surface area (TPSA) is 84.9 Å². The summed E-state index contributed by atoms with van der Waals surface area (Å²) in [4.78, 5) is 25.1. The number of benzene rings is 4. The first-order chi connectivity index (χ1) is 17.4. The first kappa shape index (κ1) is 24.8. The van der Waals surface area contributed by atoms with Gasteiger partial charge >= 0.3 is 5.97 Å². The van der Waals surface area contributed by atoms with E-state index in [1.165, 1.54) is 25.3 Å². The fourth-order valence-corrected chi connectivity index (χ4v) is 3.90. The molecule has 1 amide bonds. The maximum atomic E-state index is 12.7. The van der Waals surface area contributed by atoms with Crippen molar-refractivity contribution in [2.45, 2.75) is 12.5 Å². The maximum Gasteiger partial charge on any atom is 0.328 e. The van der Waals surface area contributed by atoms with E-state index in [1.54, 1.807) is 0 Å². The van der Waals surface area contributed by atoms with Gasteiger partial charge in [-0.1, -0.05) is 72.3 Å². The Bertz CT molecular complexity index is 1360. The highest BCUT2D eigenvalue weighted by Crippen LogP contribution is 2.33. The summed E-state index contributed by atoms with van der Waals surface area (Å²) in [6.45, 7) is 0. The number of para-hydroxylation sites is 2. The molecule has 2 N–H and O–H groups in total. The molecule has 182 valence electrons. The minimum atomic E-state index is -0.958. The van der Waals surface area contributed by atoms with E-state index in [1.807, 2.05) is 78.9 Å². The minimum absolute atomic E-state index is 0.0261. The van der Waals surface area contributed by atoms with Gasteiger partial charge in [0.25, 0.3) is 5.91 Å². The molecule has 4 aromatic carbocycles. The summed E-state index contributed by atoms with van der Waals surface area (Å²) in [5.41, 5.74) is 2.64. The van der Waals surface area contributed by atoms with Gasteiger partial charge in [-0.25, -0.2) is 4.79 Å². The van der Waals surface area contributed by atoms with E-state index in [9.17, 15) is 14.7 Å². The van der Waals surface area contributed by atoms with Crippen molar-refractivity contribution in [2.24, 2.45) is 0 Å². The third kappa shape index (κ3) is 6.03. The number of hydrogen-bond acceptors (Lipinski definition) is 5. The van der Waals surface area contributed by atoms with Crippen molar-refractivity contribution in [3.63, 3.8) is 0 Å². The Morgan fingerprint density at radius 3 is 2.33 bits per heavy atom. The van der Waals surface area contributed by atoms with Gasteiger partial charge in [-0.15, -0.1) is 0 Å². The molecule has 0 radical (unpaired) electrons. The van der Waals surface area contributed by atoms with E-state index in [2.05, 4.69) is 5.32 Å². The summed E-state index contributed by atoms with van der Waals surface area (Å²) in [5.74, 6) is -0.00716. The third-order valence-electron chi connectivity index (χ3n) is 5.56. The molecule has 0 saturated carbocycles. The number of phenolic OH excluding ortho intramolecular Hbond substituents is 1. The third-order valence-corrected chi connectivity index (χ3v) is 5.79. The number of aromatic hydroxyl groups is 1. The van der Waals surface area contributed by atoms with Gasteiger partial charge in [-0.05, 0) is 47.5 Å². The van der Waals surface area contributed by atoms with Crippen molar-refractivity contribution in [1.82, 2.24) is 5.32 Å². The van der Waals surface area contributed by atoms with Crippen LogP contribution in [-0.4, -0.2) is 30.1 Å². The van der Waals surface area contributed by atoms with Crippen molar-refractivity contribution in [3.8, 4) is 28.4 Å². The van der Waals surface area contributed by atoms with E-state index in [0.717, 1.165) is 28.2 Å². The molecule has 4 aromatic rings. The van der Waals surface area contributed by atoms with Crippen LogP contribution in [0.3, 0.4) is 0 Å². The van der Waals surface area contributed by atoms with Crippen molar-refractivity contribution in [2.75, 3.05) is 7.11 Å². The molecule has 1 atom stereocenters.